The molecule has 1 aromatic heterocycles. The Kier molecular flexibility index (Phi) is 4.31. The summed E-state index contributed by atoms with van der Waals surface area (Å²) in [4.78, 5) is 19.5. The third-order valence-electron chi connectivity index (χ3n) is 6.16. The lowest BCUT2D eigenvalue weighted by Crippen LogP contribution is -2.35. The van der Waals surface area contributed by atoms with Crippen molar-refractivity contribution in [1.29, 1.82) is 0 Å². The fourth-order valence-corrected chi connectivity index (χ4v) is 5.78. The number of hydrogen-bond donors (Lipinski definition) is 1. The molecule has 0 saturated heterocycles. The minimum Gasteiger partial charge on any atom is -0.395 e. The van der Waals surface area contributed by atoms with E-state index in [1.54, 1.807) is 22.4 Å². The smallest absolute Gasteiger partial charge is 0.256 e. The van der Waals surface area contributed by atoms with Crippen LogP contribution in [0, 0.1) is 5.92 Å². The molecule has 1 atom stereocenters. The quantitative estimate of drug-likeness (QED) is 0.659. The van der Waals surface area contributed by atoms with Crippen molar-refractivity contribution in [3.8, 4) is 11.3 Å². The van der Waals surface area contributed by atoms with Crippen LogP contribution in [0.4, 0.5) is 0 Å². The summed E-state index contributed by atoms with van der Waals surface area (Å²) in [6.07, 6.45) is 6.82. The van der Waals surface area contributed by atoms with Gasteiger partial charge in [-0.3, -0.25) is 8.72 Å². The van der Waals surface area contributed by atoms with Crippen molar-refractivity contribution in [2.75, 3.05) is 6.26 Å². The molecule has 1 saturated carbocycles. The molecule has 1 aliphatic carbocycles. The third kappa shape index (κ3) is 3.04. The van der Waals surface area contributed by atoms with Crippen LogP contribution in [-0.4, -0.2) is 45.0 Å². The van der Waals surface area contributed by atoms with E-state index < -0.39 is 9.84 Å². The van der Waals surface area contributed by atoms with Crippen molar-refractivity contribution in [3.63, 3.8) is 0 Å². The van der Waals surface area contributed by atoms with Crippen LogP contribution in [0.15, 0.2) is 29.4 Å². The average Bonchev–Trinajstić information content (AvgIpc) is 3.35. The SMILES string of the molecule is C[C@@H](C1CC1)N1Cc2cc(-c3cnc4n3CN(Br)C=C4N)cc(S(C)(=O)=O)c2C1=O. The summed E-state index contributed by atoms with van der Waals surface area (Å²) in [6.45, 7) is 2.95. The Balaban J connectivity index is 1.65. The first-order valence-corrected chi connectivity index (χ1v) is 12.4. The molecule has 0 bridgehead atoms. The molecule has 8 nitrogen and oxygen atoms in total. The number of hydrogen-bond acceptors (Lipinski definition) is 6. The molecule has 30 heavy (non-hydrogen) atoms. The normalized spacial score (nSPS) is 19.6. The van der Waals surface area contributed by atoms with Crippen molar-refractivity contribution in [2.24, 2.45) is 11.7 Å². The highest BCUT2D eigenvalue weighted by atomic mass is 79.9. The summed E-state index contributed by atoms with van der Waals surface area (Å²) in [7, 11) is -3.60. The number of imidazole rings is 1. The highest BCUT2D eigenvalue weighted by Crippen LogP contribution is 2.41. The molecule has 158 valence electrons. The van der Waals surface area contributed by atoms with Crippen LogP contribution in [0.1, 0.15) is 41.5 Å². The van der Waals surface area contributed by atoms with E-state index in [2.05, 4.69) is 28.1 Å². The maximum absolute atomic E-state index is 13.2. The van der Waals surface area contributed by atoms with E-state index in [0.29, 0.717) is 41.8 Å². The Morgan fingerprint density at radius 3 is 2.70 bits per heavy atom. The summed E-state index contributed by atoms with van der Waals surface area (Å²) in [5.74, 6) is 0.943. The second kappa shape index (κ2) is 6.58. The fraction of sp³-hybridized carbons (Fsp3) is 0.400. The molecule has 1 amide bonds. The van der Waals surface area contributed by atoms with Gasteiger partial charge in [-0.1, -0.05) is 0 Å². The molecule has 2 aromatic rings. The van der Waals surface area contributed by atoms with Gasteiger partial charge in [0.05, 0.1) is 44.2 Å². The van der Waals surface area contributed by atoms with E-state index in [1.165, 1.54) is 0 Å². The fourth-order valence-electron chi connectivity index (χ4n) is 4.41. The Bertz CT molecular complexity index is 1220. The molecular weight excluding hydrogens is 470 g/mol. The van der Waals surface area contributed by atoms with Gasteiger partial charge in [-0.15, -0.1) is 0 Å². The number of amides is 1. The van der Waals surface area contributed by atoms with Crippen LogP contribution < -0.4 is 5.73 Å². The van der Waals surface area contributed by atoms with Crippen LogP contribution in [0.2, 0.25) is 0 Å². The predicted molar refractivity (Wildman–Crippen MR) is 116 cm³/mol. The van der Waals surface area contributed by atoms with E-state index in [1.807, 2.05) is 15.5 Å². The minimum absolute atomic E-state index is 0.0797. The Morgan fingerprint density at radius 1 is 1.30 bits per heavy atom. The molecule has 0 radical (unpaired) electrons. The lowest BCUT2D eigenvalue weighted by Gasteiger charge is -2.24. The van der Waals surface area contributed by atoms with Gasteiger partial charge in [0, 0.05) is 30.6 Å². The summed E-state index contributed by atoms with van der Waals surface area (Å²) in [6, 6.07) is 3.61. The summed E-state index contributed by atoms with van der Waals surface area (Å²) in [5, 5.41) is 0. The maximum Gasteiger partial charge on any atom is 0.256 e. The van der Waals surface area contributed by atoms with Crippen molar-refractivity contribution in [1.82, 2.24) is 18.4 Å². The second-order valence-electron chi connectivity index (χ2n) is 8.31. The number of benzene rings is 1. The molecule has 3 heterocycles. The van der Waals surface area contributed by atoms with E-state index in [9.17, 15) is 13.2 Å². The van der Waals surface area contributed by atoms with E-state index in [-0.39, 0.29) is 16.8 Å². The zero-order chi connectivity index (χ0) is 21.4. The first-order valence-electron chi connectivity index (χ1n) is 9.79. The van der Waals surface area contributed by atoms with Gasteiger partial charge in [0.2, 0.25) is 0 Å². The van der Waals surface area contributed by atoms with Gasteiger partial charge in [0.25, 0.3) is 5.91 Å². The number of carbonyl (C=O) groups excluding carboxylic acids is 1. The van der Waals surface area contributed by atoms with E-state index in [0.717, 1.165) is 30.4 Å². The highest BCUT2D eigenvalue weighted by molar-refractivity contribution is 9.07. The summed E-state index contributed by atoms with van der Waals surface area (Å²) >= 11 is 3.42. The zero-order valence-electron chi connectivity index (χ0n) is 16.7. The molecule has 1 fully saturated rings. The van der Waals surface area contributed by atoms with Crippen LogP contribution in [0.5, 0.6) is 0 Å². The molecule has 1 aromatic carbocycles. The molecule has 0 spiro atoms. The Hall–Kier alpha value is -2.33. The highest BCUT2D eigenvalue weighted by Gasteiger charge is 2.41. The monoisotopic (exact) mass is 491 g/mol. The van der Waals surface area contributed by atoms with Crippen LogP contribution >= 0.6 is 16.1 Å². The lowest BCUT2D eigenvalue weighted by molar-refractivity contribution is 0.0694. The van der Waals surface area contributed by atoms with Crippen molar-refractivity contribution in [3.05, 3.63) is 41.5 Å². The number of nitrogens with zero attached hydrogens (tertiary/aromatic N) is 4. The Labute approximate surface area is 183 Å². The molecule has 5 rings (SSSR count). The summed E-state index contributed by atoms with van der Waals surface area (Å²) in [5.41, 5.74) is 9.10. The molecule has 10 heteroatoms. The number of nitrogens with two attached hydrogens (primary N) is 1. The van der Waals surface area contributed by atoms with Gasteiger partial charge in [0.1, 0.15) is 6.67 Å². The topological polar surface area (TPSA) is 102 Å². The van der Waals surface area contributed by atoms with E-state index in [4.69, 9.17) is 5.73 Å². The Morgan fingerprint density at radius 2 is 2.03 bits per heavy atom. The largest absolute Gasteiger partial charge is 0.395 e. The zero-order valence-corrected chi connectivity index (χ0v) is 19.1. The van der Waals surface area contributed by atoms with Crippen LogP contribution in [0.3, 0.4) is 0 Å². The van der Waals surface area contributed by atoms with Crippen LogP contribution in [0.25, 0.3) is 17.0 Å². The van der Waals surface area contributed by atoms with Gasteiger partial charge < -0.3 is 15.2 Å². The van der Waals surface area contributed by atoms with Crippen molar-refractivity contribution in [2.45, 2.75) is 43.9 Å². The van der Waals surface area contributed by atoms with Gasteiger partial charge >= 0.3 is 0 Å². The number of fused-ring (bicyclic) bond motifs is 2. The van der Waals surface area contributed by atoms with E-state index >= 15 is 0 Å². The standard InChI is InChI=1S/C20H22BrN5O3S/c1-11(12-3-4-12)25-8-14-5-13(6-17(30(2,28)29)18(14)20(25)27)16-7-23-19-15(22)9-24(21)10-26(16)19/h5-7,9,11-12H,3-4,8,10,22H2,1-2H3/t11-/m0/s1. The van der Waals surface area contributed by atoms with Crippen molar-refractivity contribution >= 4 is 37.6 Å². The third-order valence-corrected chi connectivity index (χ3v) is 7.71. The van der Waals surface area contributed by atoms with Crippen molar-refractivity contribution < 1.29 is 13.2 Å². The minimum atomic E-state index is -3.60. The number of aromatic nitrogens is 2. The van der Waals surface area contributed by atoms with Crippen LogP contribution in [-0.2, 0) is 23.1 Å². The summed E-state index contributed by atoms with van der Waals surface area (Å²) < 4.78 is 28.9. The molecule has 2 aliphatic heterocycles. The second-order valence-corrected chi connectivity index (χ2v) is 11.2. The maximum atomic E-state index is 13.2. The number of carbonyl (C=O) groups is 1. The first-order chi connectivity index (χ1) is 14.1. The lowest BCUT2D eigenvalue weighted by atomic mass is 10.0. The molecular formula is C20H22BrN5O3S. The average molecular weight is 492 g/mol. The molecule has 2 N–H and O–H groups in total. The number of rotatable bonds is 4. The van der Waals surface area contributed by atoms with Gasteiger partial charge in [-0.05, 0) is 43.4 Å². The molecule has 3 aliphatic rings. The number of halogens is 1. The van der Waals surface area contributed by atoms with Gasteiger partial charge in [-0.25, -0.2) is 13.4 Å². The first kappa shape index (κ1) is 19.6. The van der Waals surface area contributed by atoms with Gasteiger partial charge in [0.15, 0.2) is 15.7 Å². The molecule has 0 unspecified atom stereocenters. The predicted octanol–water partition coefficient (Wildman–Crippen LogP) is 2.55. The number of sulfone groups is 1. The van der Waals surface area contributed by atoms with Gasteiger partial charge in [-0.2, -0.15) is 0 Å².